The SMILES string of the molecule is Cc1cccc(C2CCN(C(=O)OC(C)(C)C)CC2)c1-c1ccccn1. The van der Waals surface area contributed by atoms with E-state index in [2.05, 4.69) is 36.2 Å². The van der Waals surface area contributed by atoms with E-state index < -0.39 is 5.60 Å². The minimum absolute atomic E-state index is 0.204. The molecule has 0 atom stereocenters. The quantitative estimate of drug-likeness (QED) is 0.748. The van der Waals surface area contributed by atoms with E-state index >= 15 is 0 Å². The number of hydrogen-bond donors (Lipinski definition) is 0. The summed E-state index contributed by atoms with van der Waals surface area (Å²) in [4.78, 5) is 18.7. The molecule has 0 aliphatic carbocycles. The lowest BCUT2D eigenvalue weighted by atomic mass is 9.84. The summed E-state index contributed by atoms with van der Waals surface area (Å²) in [6, 6.07) is 12.5. The Hall–Kier alpha value is -2.36. The smallest absolute Gasteiger partial charge is 0.410 e. The van der Waals surface area contributed by atoms with Crippen molar-refractivity contribution in [3.8, 4) is 11.3 Å². The molecule has 2 aromatic rings. The molecule has 0 radical (unpaired) electrons. The summed E-state index contributed by atoms with van der Waals surface area (Å²) in [5.74, 6) is 0.436. The Kier molecular flexibility index (Phi) is 5.30. The lowest BCUT2D eigenvalue weighted by Gasteiger charge is -2.34. The molecule has 1 fully saturated rings. The number of benzene rings is 1. The van der Waals surface area contributed by atoms with Crippen LogP contribution in [0.5, 0.6) is 0 Å². The summed E-state index contributed by atoms with van der Waals surface area (Å²) in [6.45, 7) is 9.32. The highest BCUT2D eigenvalue weighted by Crippen LogP contribution is 2.36. The van der Waals surface area contributed by atoms with Crippen LogP contribution in [0.2, 0.25) is 0 Å². The molecule has 1 aromatic heterocycles. The molecule has 0 saturated carbocycles. The van der Waals surface area contributed by atoms with Gasteiger partial charge < -0.3 is 9.64 Å². The molecule has 0 unspecified atom stereocenters. The molecular weight excluding hydrogens is 324 g/mol. The number of aromatic nitrogens is 1. The maximum absolute atomic E-state index is 12.3. The Morgan fingerprint density at radius 1 is 1.12 bits per heavy atom. The van der Waals surface area contributed by atoms with Gasteiger partial charge in [-0.15, -0.1) is 0 Å². The van der Waals surface area contributed by atoms with Crippen molar-refractivity contribution in [3.63, 3.8) is 0 Å². The molecule has 1 aliphatic rings. The van der Waals surface area contributed by atoms with E-state index in [1.807, 2.05) is 44.0 Å². The Morgan fingerprint density at radius 3 is 2.46 bits per heavy atom. The summed E-state index contributed by atoms with van der Waals surface area (Å²) in [5.41, 5.74) is 4.40. The van der Waals surface area contributed by atoms with Crippen molar-refractivity contribution in [1.82, 2.24) is 9.88 Å². The Morgan fingerprint density at radius 2 is 1.85 bits per heavy atom. The fourth-order valence-corrected chi connectivity index (χ4v) is 3.59. The van der Waals surface area contributed by atoms with Gasteiger partial charge in [-0.1, -0.05) is 24.3 Å². The van der Waals surface area contributed by atoms with Crippen LogP contribution in [0.4, 0.5) is 4.79 Å². The van der Waals surface area contributed by atoms with Crippen LogP contribution in [-0.2, 0) is 4.74 Å². The number of nitrogens with zero attached hydrogens (tertiary/aromatic N) is 2. The number of piperidine rings is 1. The number of rotatable bonds is 2. The van der Waals surface area contributed by atoms with Crippen molar-refractivity contribution in [1.29, 1.82) is 0 Å². The number of amides is 1. The number of likely N-dealkylation sites (tertiary alicyclic amines) is 1. The predicted octanol–water partition coefficient (Wildman–Crippen LogP) is 5.17. The molecule has 0 bridgehead atoms. The van der Waals surface area contributed by atoms with Gasteiger partial charge in [0.15, 0.2) is 0 Å². The minimum atomic E-state index is -0.448. The lowest BCUT2D eigenvalue weighted by Crippen LogP contribution is -2.41. The van der Waals surface area contributed by atoms with Gasteiger partial charge in [0.05, 0.1) is 5.69 Å². The summed E-state index contributed by atoms with van der Waals surface area (Å²) in [6.07, 6.45) is 3.53. The predicted molar refractivity (Wildman–Crippen MR) is 104 cm³/mol. The first kappa shape index (κ1) is 18.4. The van der Waals surface area contributed by atoms with Gasteiger partial charge in [0, 0.05) is 24.8 Å². The molecule has 0 spiro atoms. The van der Waals surface area contributed by atoms with Gasteiger partial charge in [-0.2, -0.15) is 0 Å². The number of carbonyl (C=O) groups is 1. The third-order valence-corrected chi connectivity index (χ3v) is 4.81. The van der Waals surface area contributed by atoms with Crippen molar-refractivity contribution >= 4 is 6.09 Å². The molecule has 138 valence electrons. The van der Waals surface area contributed by atoms with Crippen molar-refractivity contribution < 1.29 is 9.53 Å². The fraction of sp³-hybridized carbons (Fsp3) is 0.455. The Labute approximate surface area is 156 Å². The minimum Gasteiger partial charge on any atom is -0.444 e. The van der Waals surface area contributed by atoms with E-state index in [0.29, 0.717) is 5.92 Å². The number of hydrogen-bond acceptors (Lipinski definition) is 3. The second-order valence-corrected chi connectivity index (χ2v) is 8.00. The Balaban J connectivity index is 1.77. The van der Waals surface area contributed by atoms with Gasteiger partial charge in [-0.3, -0.25) is 4.98 Å². The number of pyridine rings is 1. The zero-order chi connectivity index (χ0) is 18.7. The average molecular weight is 352 g/mol. The first-order chi connectivity index (χ1) is 12.3. The molecule has 1 amide bonds. The number of ether oxygens (including phenoxy) is 1. The first-order valence-electron chi connectivity index (χ1n) is 9.34. The molecule has 3 rings (SSSR count). The van der Waals surface area contributed by atoms with Gasteiger partial charge >= 0.3 is 6.09 Å². The molecule has 4 heteroatoms. The highest BCUT2D eigenvalue weighted by atomic mass is 16.6. The topological polar surface area (TPSA) is 42.4 Å². The second-order valence-electron chi connectivity index (χ2n) is 8.00. The zero-order valence-corrected chi connectivity index (χ0v) is 16.2. The van der Waals surface area contributed by atoms with Gasteiger partial charge in [0.2, 0.25) is 0 Å². The molecule has 1 saturated heterocycles. The average Bonchev–Trinajstić information content (AvgIpc) is 2.61. The van der Waals surface area contributed by atoms with Crippen LogP contribution >= 0.6 is 0 Å². The third kappa shape index (κ3) is 4.24. The molecule has 26 heavy (non-hydrogen) atoms. The van der Waals surface area contributed by atoms with Crippen LogP contribution < -0.4 is 0 Å². The van der Waals surface area contributed by atoms with Gasteiger partial charge in [-0.25, -0.2) is 4.79 Å². The van der Waals surface area contributed by atoms with E-state index in [0.717, 1.165) is 31.6 Å². The molecular formula is C22H28N2O2. The van der Waals surface area contributed by atoms with Crippen LogP contribution in [0.25, 0.3) is 11.3 Å². The third-order valence-electron chi connectivity index (χ3n) is 4.81. The van der Waals surface area contributed by atoms with E-state index in [1.54, 1.807) is 0 Å². The van der Waals surface area contributed by atoms with E-state index in [4.69, 9.17) is 4.74 Å². The second kappa shape index (κ2) is 7.48. The van der Waals surface area contributed by atoms with Crippen LogP contribution in [0.15, 0.2) is 42.6 Å². The van der Waals surface area contributed by atoms with Crippen molar-refractivity contribution in [2.45, 2.75) is 52.1 Å². The first-order valence-corrected chi connectivity index (χ1v) is 9.34. The number of carbonyl (C=O) groups excluding carboxylic acids is 1. The van der Waals surface area contributed by atoms with Crippen LogP contribution in [-0.4, -0.2) is 34.7 Å². The normalized spacial score (nSPS) is 15.8. The molecule has 0 N–H and O–H groups in total. The lowest BCUT2D eigenvalue weighted by molar-refractivity contribution is 0.0205. The molecule has 4 nitrogen and oxygen atoms in total. The van der Waals surface area contributed by atoms with E-state index in [9.17, 15) is 4.79 Å². The molecule has 1 aromatic carbocycles. The zero-order valence-electron chi connectivity index (χ0n) is 16.2. The highest BCUT2D eigenvalue weighted by molar-refractivity contribution is 5.70. The Bertz CT molecular complexity index is 757. The van der Waals surface area contributed by atoms with E-state index in [-0.39, 0.29) is 6.09 Å². The summed E-state index contributed by atoms with van der Waals surface area (Å²) in [5, 5.41) is 0. The van der Waals surface area contributed by atoms with Gasteiger partial charge in [-0.05, 0) is 69.7 Å². The van der Waals surface area contributed by atoms with Crippen LogP contribution in [0.1, 0.15) is 50.7 Å². The van der Waals surface area contributed by atoms with E-state index in [1.165, 1.54) is 16.7 Å². The monoisotopic (exact) mass is 352 g/mol. The van der Waals surface area contributed by atoms with Crippen LogP contribution in [0.3, 0.4) is 0 Å². The maximum Gasteiger partial charge on any atom is 0.410 e. The number of aryl methyl sites for hydroxylation is 1. The molecule has 1 aliphatic heterocycles. The molecule has 2 heterocycles. The maximum atomic E-state index is 12.3. The van der Waals surface area contributed by atoms with Crippen molar-refractivity contribution in [2.75, 3.05) is 13.1 Å². The fourth-order valence-electron chi connectivity index (χ4n) is 3.59. The van der Waals surface area contributed by atoms with Crippen molar-refractivity contribution in [3.05, 3.63) is 53.7 Å². The van der Waals surface area contributed by atoms with Crippen molar-refractivity contribution in [2.24, 2.45) is 0 Å². The highest BCUT2D eigenvalue weighted by Gasteiger charge is 2.28. The largest absolute Gasteiger partial charge is 0.444 e. The van der Waals surface area contributed by atoms with Gasteiger partial charge in [0.1, 0.15) is 5.60 Å². The summed E-state index contributed by atoms with van der Waals surface area (Å²) in [7, 11) is 0. The van der Waals surface area contributed by atoms with Gasteiger partial charge in [0.25, 0.3) is 0 Å². The standard InChI is InChI=1S/C22H28N2O2/c1-16-8-7-9-18(20(16)19-10-5-6-13-23-19)17-11-14-24(15-12-17)21(25)26-22(2,3)4/h5-10,13,17H,11-12,14-15H2,1-4H3. The van der Waals surface area contributed by atoms with Crippen LogP contribution in [0, 0.1) is 6.92 Å². The summed E-state index contributed by atoms with van der Waals surface area (Å²) >= 11 is 0. The summed E-state index contributed by atoms with van der Waals surface area (Å²) < 4.78 is 5.51.